The van der Waals surface area contributed by atoms with E-state index < -0.39 is 0 Å². The third-order valence-electron chi connectivity index (χ3n) is 2.20. The highest BCUT2D eigenvalue weighted by atomic mass is 127. The van der Waals surface area contributed by atoms with Crippen LogP contribution in [0.4, 0.5) is 0 Å². The minimum atomic E-state index is -0.258. The highest BCUT2D eigenvalue weighted by Crippen LogP contribution is 2.25. The first-order valence-electron chi connectivity index (χ1n) is 3.56. The van der Waals surface area contributed by atoms with Gasteiger partial charge in [0, 0.05) is 16.3 Å². The quantitative estimate of drug-likeness (QED) is 0.398. The molecule has 1 heterocycles. The normalized spacial score (nSPS) is 47.9. The van der Waals surface area contributed by atoms with Gasteiger partial charge in [0.05, 0.1) is 12.2 Å². The van der Waals surface area contributed by atoms with Crippen molar-refractivity contribution in [2.45, 2.75) is 25.1 Å². The van der Waals surface area contributed by atoms with Gasteiger partial charge in [0.15, 0.2) is 0 Å². The number of hydrogen-bond donors (Lipinski definition) is 1. The molecule has 0 aliphatic carbocycles. The second-order valence-electron chi connectivity index (χ2n) is 2.88. The van der Waals surface area contributed by atoms with Crippen molar-refractivity contribution in [1.82, 2.24) is 0 Å². The molecule has 0 amide bonds. The second kappa shape index (κ2) is 3.41. The van der Waals surface area contributed by atoms with Crippen molar-refractivity contribution in [2.75, 3.05) is 4.43 Å². The van der Waals surface area contributed by atoms with Crippen LogP contribution in [0.1, 0.15) is 6.92 Å². The number of alkyl halides is 1. The van der Waals surface area contributed by atoms with E-state index in [1.807, 2.05) is 14.8 Å². The monoisotopic (exact) mass is 254 g/mol. The van der Waals surface area contributed by atoms with Gasteiger partial charge in [-0.05, 0) is 0 Å². The number of rotatable bonds is 1. The van der Waals surface area contributed by atoms with Gasteiger partial charge in [-0.15, -0.1) is 0 Å². The average molecular weight is 254 g/mol. The van der Waals surface area contributed by atoms with Gasteiger partial charge in [-0.2, -0.15) is 0 Å². The van der Waals surface area contributed by atoms with E-state index in [1.54, 1.807) is 0 Å². The van der Waals surface area contributed by atoms with Crippen molar-refractivity contribution in [3.8, 4) is 0 Å². The molecule has 58 valence electrons. The van der Waals surface area contributed by atoms with Crippen LogP contribution in [-0.2, 0) is 4.74 Å². The minimum absolute atomic E-state index is 0.0607. The number of aliphatic hydroxyl groups is 1. The zero-order chi connectivity index (χ0) is 7.72. The Balaban J connectivity index is 2.53. The fourth-order valence-corrected chi connectivity index (χ4v) is 1.95. The molecule has 1 saturated heterocycles. The fraction of sp³-hybridized carbons (Fsp3) is 1.00. The Bertz CT molecular complexity index is 122. The fourth-order valence-electron chi connectivity index (χ4n) is 1.22. The molecule has 1 N–H and O–H groups in total. The molecule has 1 aliphatic heterocycles. The van der Waals surface area contributed by atoms with Gasteiger partial charge in [-0.1, -0.05) is 29.5 Å². The summed E-state index contributed by atoms with van der Waals surface area (Å²) in [7, 11) is 2.01. The van der Waals surface area contributed by atoms with Crippen LogP contribution in [0.3, 0.4) is 0 Å². The van der Waals surface area contributed by atoms with E-state index >= 15 is 0 Å². The molecule has 2 nitrogen and oxygen atoms in total. The highest BCUT2D eigenvalue weighted by Gasteiger charge is 2.36. The van der Waals surface area contributed by atoms with Crippen LogP contribution >= 0.6 is 22.6 Å². The van der Waals surface area contributed by atoms with Crippen molar-refractivity contribution in [3.05, 3.63) is 0 Å². The van der Waals surface area contributed by atoms with Gasteiger partial charge in [-0.25, -0.2) is 0 Å². The summed E-state index contributed by atoms with van der Waals surface area (Å²) in [5.41, 5.74) is 0. The first-order chi connectivity index (χ1) is 4.66. The second-order valence-corrected chi connectivity index (χ2v) is 3.76. The number of halogens is 1. The average Bonchev–Trinajstić information content (AvgIpc) is 2.17. The highest BCUT2D eigenvalue weighted by molar-refractivity contribution is 14.1. The molecule has 4 atom stereocenters. The van der Waals surface area contributed by atoms with Crippen LogP contribution in [0.15, 0.2) is 0 Å². The Kier molecular flexibility index (Phi) is 3.00. The summed E-state index contributed by atoms with van der Waals surface area (Å²) in [4.78, 5) is 0. The molecule has 4 heteroatoms. The first kappa shape index (κ1) is 8.81. The lowest BCUT2D eigenvalue weighted by atomic mass is 9.86. The van der Waals surface area contributed by atoms with Crippen molar-refractivity contribution < 1.29 is 9.84 Å². The van der Waals surface area contributed by atoms with Gasteiger partial charge in [0.25, 0.3) is 0 Å². The third kappa shape index (κ3) is 1.48. The predicted molar refractivity (Wildman–Crippen MR) is 51.3 cm³/mol. The topological polar surface area (TPSA) is 29.5 Å². The van der Waals surface area contributed by atoms with E-state index in [9.17, 15) is 5.11 Å². The maximum Gasteiger partial charge on any atom is 0.139 e. The number of hydrogen-bond acceptors (Lipinski definition) is 2. The molecule has 1 rings (SSSR count). The Morgan fingerprint density at radius 2 is 2.30 bits per heavy atom. The van der Waals surface area contributed by atoms with E-state index in [-0.39, 0.29) is 18.2 Å². The van der Waals surface area contributed by atoms with Gasteiger partial charge in [0.1, 0.15) is 7.85 Å². The van der Waals surface area contributed by atoms with Crippen LogP contribution in [0.25, 0.3) is 0 Å². The van der Waals surface area contributed by atoms with E-state index in [0.717, 1.165) is 4.43 Å². The summed E-state index contributed by atoms with van der Waals surface area (Å²) in [5.74, 6) is 0.291. The first-order valence-corrected chi connectivity index (χ1v) is 5.09. The van der Waals surface area contributed by atoms with E-state index in [4.69, 9.17) is 4.74 Å². The smallest absolute Gasteiger partial charge is 0.139 e. The van der Waals surface area contributed by atoms with Gasteiger partial charge in [0.2, 0.25) is 0 Å². The van der Waals surface area contributed by atoms with Gasteiger partial charge in [-0.3, -0.25) is 0 Å². The third-order valence-corrected chi connectivity index (χ3v) is 3.07. The minimum Gasteiger partial charge on any atom is -0.390 e. The van der Waals surface area contributed by atoms with Crippen LogP contribution in [0.2, 0.25) is 0 Å². The Morgan fingerprint density at radius 3 is 2.50 bits per heavy atom. The molecule has 0 radical (unpaired) electrons. The van der Waals surface area contributed by atoms with Gasteiger partial charge >= 0.3 is 0 Å². The number of aliphatic hydroxyl groups excluding tert-OH is 1. The molecule has 1 aliphatic rings. The van der Waals surface area contributed by atoms with Gasteiger partial charge < -0.3 is 9.84 Å². The van der Waals surface area contributed by atoms with E-state index in [1.165, 1.54) is 0 Å². The summed E-state index contributed by atoms with van der Waals surface area (Å²) in [6.07, 6.45) is -0.197. The predicted octanol–water partition coefficient (Wildman–Crippen LogP) is -0.224. The van der Waals surface area contributed by atoms with Crippen LogP contribution in [0.5, 0.6) is 0 Å². The SMILES string of the molecule is BC1OC(CI)C(O)C1C. The maximum atomic E-state index is 9.50. The summed E-state index contributed by atoms with van der Waals surface area (Å²) in [6.45, 7) is 2.03. The Morgan fingerprint density at radius 1 is 1.70 bits per heavy atom. The zero-order valence-electron chi connectivity index (χ0n) is 6.25. The molecule has 0 spiro atoms. The maximum absolute atomic E-state index is 9.50. The molecule has 10 heavy (non-hydrogen) atoms. The molecule has 0 saturated carbocycles. The molecule has 0 aromatic rings. The number of ether oxygens (including phenoxy) is 1. The zero-order valence-corrected chi connectivity index (χ0v) is 8.41. The van der Waals surface area contributed by atoms with Crippen molar-refractivity contribution >= 4 is 30.4 Å². The van der Waals surface area contributed by atoms with E-state index in [0.29, 0.717) is 5.92 Å². The summed E-state index contributed by atoms with van der Waals surface area (Å²) < 4.78 is 6.36. The van der Waals surface area contributed by atoms with E-state index in [2.05, 4.69) is 22.6 Å². The molecular formula is C6H12BIO2. The summed E-state index contributed by atoms with van der Waals surface area (Å²) in [6, 6.07) is 0.217. The lowest BCUT2D eigenvalue weighted by Gasteiger charge is -2.11. The van der Waals surface area contributed by atoms with Crippen molar-refractivity contribution in [2.24, 2.45) is 5.92 Å². The largest absolute Gasteiger partial charge is 0.390 e. The standard InChI is InChI=1S/C6H12BIO2/c1-3-5(9)4(2-8)10-6(3)7/h3-6,9H,2,7H2,1H3. The van der Waals surface area contributed by atoms with Crippen molar-refractivity contribution in [1.29, 1.82) is 0 Å². The lowest BCUT2D eigenvalue weighted by molar-refractivity contribution is 0.0496. The van der Waals surface area contributed by atoms with Crippen LogP contribution in [0, 0.1) is 5.92 Å². The summed E-state index contributed by atoms with van der Waals surface area (Å²) >= 11 is 2.24. The molecule has 1 fully saturated rings. The molecule has 0 bridgehead atoms. The molecular weight excluding hydrogens is 242 g/mol. The molecule has 4 unspecified atom stereocenters. The van der Waals surface area contributed by atoms with Crippen molar-refractivity contribution in [3.63, 3.8) is 0 Å². The summed E-state index contributed by atoms with van der Waals surface area (Å²) in [5, 5.41) is 9.50. The Labute approximate surface area is 75.9 Å². The Hall–Kier alpha value is 0.715. The molecule has 0 aromatic carbocycles. The lowest BCUT2D eigenvalue weighted by Crippen LogP contribution is -2.26. The molecule has 0 aromatic heterocycles. The van der Waals surface area contributed by atoms with Crippen LogP contribution in [-0.4, -0.2) is 35.6 Å². The van der Waals surface area contributed by atoms with Crippen LogP contribution < -0.4 is 0 Å².